The topological polar surface area (TPSA) is 63.0 Å². The largest absolute Gasteiger partial charge is 0.467 e. The van der Waals surface area contributed by atoms with Crippen molar-refractivity contribution in [3.63, 3.8) is 0 Å². The van der Waals surface area contributed by atoms with E-state index in [9.17, 15) is 14.0 Å². The highest BCUT2D eigenvalue weighted by molar-refractivity contribution is 5.94. The summed E-state index contributed by atoms with van der Waals surface area (Å²) >= 11 is 0. The number of rotatable bonds is 5. The molecule has 0 bridgehead atoms. The van der Waals surface area contributed by atoms with E-state index in [4.69, 9.17) is 9.15 Å². The van der Waals surface area contributed by atoms with Crippen molar-refractivity contribution in [1.29, 1.82) is 0 Å². The van der Waals surface area contributed by atoms with Crippen LogP contribution in [0.1, 0.15) is 33.4 Å². The van der Waals surface area contributed by atoms with E-state index in [2.05, 4.69) is 4.90 Å². The Balaban J connectivity index is 1.62. The predicted octanol–water partition coefficient (Wildman–Crippen LogP) is 2.73. The SMILES string of the molecule is COC(=O)c1ccoc1CN1CCN(c2ccc(C(C)=O)cc2F)CC1. The van der Waals surface area contributed by atoms with Crippen molar-refractivity contribution >= 4 is 17.4 Å². The van der Waals surface area contributed by atoms with Crippen LogP contribution in [0.5, 0.6) is 0 Å². The van der Waals surface area contributed by atoms with Gasteiger partial charge < -0.3 is 14.1 Å². The number of ketones is 1. The average Bonchev–Trinajstić information content (AvgIpc) is 3.10. The Kier molecular flexibility index (Phi) is 5.37. The Morgan fingerprint density at radius 2 is 1.92 bits per heavy atom. The molecule has 1 aliphatic heterocycles. The molecule has 1 aromatic heterocycles. The minimum absolute atomic E-state index is 0.153. The lowest BCUT2D eigenvalue weighted by Gasteiger charge is -2.36. The number of hydrogen-bond acceptors (Lipinski definition) is 6. The van der Waals surface area contributed by atoms with Gasteiger partial charge in [0.05, 0.1) is 25.6 Å². The number of halogens is 1. The molecule has 0 N–H and O–H groups in total. The summed E-state index contributed by atoms with van der Waals surface area (Å²) in [7, 11) is 1.34. The van der Waals surface area contributed by atoms with E-state index in [0.29, 0.717) is 55.3 Å². The molecule has 0 unspecified atom stereocenters. The summed E-state index contributed by atoms with van der Waals surface area (Å²) in [6, 6.07) is 6.20. The first-order valence-electron chi connectivity index (χ1n) is 8.42. The second-order valence-corrected chi connectivity index (χ2v) is 6.23. The van der Waals surface area contributed by atoms with Crippen LogP contribution in [0.25, 0.3) is 0 Å². The van der Waals surface area contributed by atoms with Crippen molar-refractivity contribution in [3.05, 3.63) is 53.2 Å². The van der Waals surface area contributed by atoms with Gasteiger partial charge >= 0.3 is 5.97 Å². The van der Waals surface area contributed by atoms with E-state index < -0.39 is 5.97 Å². The van der Waals surface area contributed by atoms with E-state index in [1.165, 1.54) is 26.4 Å². The second-order valence-electron chi connectivity index (χ2n) is 6.23. The van der Waals surface area contributed by atoms with Gasteiger partial charge in [-0.05, 0) is 31.2 Å². The number of methoxy groups -OCH3 is 1. The van der Waals surface area contributed by atoms with Crippen molar-refractivity contribution in [2.75, 3.05) is 38.2 Å². The van der Waals surface area contributed by atoms with Crippen molar-refractivity contribution < 1.29 is 23.1 Å². The lowest BCUT2D eigenvalue weighted by Crippen LogP contribution is -2.46. The molecule has 7 heteroatoms. The molecule has 0 saturated carbocycles. The molecule has 0 amide bonds. The minimum Gasteiger partial charge on any atom is -0.467 e. The summed E-state index contributed by atoms with van der Waals surface area (Å²) in [5.41, 5.74) is 1.31. The quantitative estimate of drug-likeness (QED) is 0.604. The van der Waals surface area contributed by atoms with Crippen molar-refractivity contribution in [1.82, 2.24) is 4.90 Å². The number of carbonyl (C=O) groups excluding carboxylic acids is 2. The van der Waals surface area contributed by atoms with Gasteiger partial charge in [0.25, 0.3) is 0 Å². The molecule has 2 aromatic rings. The predicted molar refractivity (Wildman–Crippen MR) is 93.9 cm³/mol. The molecule has 1 fully saturated rings. The van der Waals surface area contributed by atoms with Gasteiger partial charge in [-0.25, -0.2) is 9.18 Å². The summed E-state index contributed by atoms with van der Waals surface area (Å²) in [4.78, 5) is 27.2. The maximum Gasteiger partial charge on any atom is 0.341 e. The van der Waals surface area contributed by atoms with Gasteiger partial charge in [0.2, 0.25) is 0 Å². The van der Waals surface area contributed by atoms with E-state index in [0.717, 1.165) is 0 Å². The minimum atomic E-state index is -0.417. The molecule has 1 saturated heterocycles. The lowest BCUT2D eigenvalue weighted by molar-refractivity contribution is 0.0596. The van der Waals surface area contributed by atoms with Crippen molar-refractivity contribution in [2.45, 2.75) is 13.5 Å². The van der Waals surface area contributed by atoms with Crippen LogP contribution < -0.4 is 4.90 Å². The molecule has 0 aliphatic carbocycles. The molecule has 6 nitrogen and oxygen atoms in total. The molecule has 0 atom stereocenters. The monoisotopic (exact) mass is 360 g/mol. The van der Waals surface area contributed by atoms with Crippen molar-refractivity contribution in [3.8, 4) is 0 Å². The second kappa shape index (κ2) is 7.70. The lowest BCUT2D eigenvalue weighted by atomic mass is 10.1. The molecule has 0 radical (unpaired) electrons. The van der Waals surface area contributed by atoms with E-state index in [1.807, 2.05) is 4.90 Å². The zero-order chi connectivity index (χ0) is 18.7. The normalized spacial score (nSPS) is 15.1. The zero-order valence-corrected chi connectivity index (χ0v) is 14.8. The number of nitrogens with zero attached hydrogens (tertiary/aromatic N) is 2. The van der Waals surface area contributed by atoms with Gasteiger partial charge in [-0.15, -0.1) is 0 Å². The Morgan fingerprint density at radius 1 is 1.19 bits per heavy atom. The smallest absolute Gasteiger partial charge is 0.341 e. The van der Waals surface area contributed by atoms with E-state index in [-0.39, 0.29) is 11.6 Å². The number of anilines is 1. The van der Waals surface area contributed by atoms with Gasteiger partial charge in [-0.3, -0.25) is 9.69 Å². The van der Waals surface area contributed by atoms with Crippen LogP contribution in [0.4, 0.5) is 10.1 Å². The number of furan rings is 1. The van der Waals surface area contributed by atoms with Gasteiger partial charge in [0, 0.05) is 31.7 Å². The number of esters is 1. The molecule has 138 valence electrons. The van der Waals surface area contributed by atoms with E-state index >= 15 is 0 Å². The summed E-state index contributed by atoms with van der Waals surface area (Å²) < 4.78 is 24.5. The average molecular weight is 360 g/mol. The van der Waals surface area contributed by atoms with Crippen LogP contribution in [0.3, 0.4) is 0 Å². The fraction of sp³-hybridized carbons (Fsp3) is 0.368. The number of carbonyl (C=O) groups is 2. The van der Waals surface area contributed by atoms with Crippen LogP contribution in [0.15, 0.2) is 34.9 Å². The maximum atomic E-state index is 14.3. The van der Waals surface area contributed by atoms with Crippen LogP contribution in [-0.4, -0.2) is 49.9 Å². The molecular formula is C19H21FN2O4. The van der Waals surface area contributed by atoms with Crippen LogP contribution in [-0.2, 0) is 11.3 Å². The first kappa shape index (κ1) is 18.1. The highest BCUT2D eigenvalue weighted by atomic mass is 19.1. The van der Waals surface area contributed by atoms with Gasteiger partial charge in [0.1, 0.15) is 17.1 Å². The summed E-state index contributed by atoms with van der Waals surface area (Å²) in [6.45, 7) is 4.61. The number of ether oxygens (including phenoxy) is 1. The number of benzene rings is 1. The Labute approximate surface area is 151 Å². The number of hydrogen-bond donors (Lipinski definition) is 0. The first-order chi connectivity index (χ1) is 12.5. The van der Waals surface area contributed by atoms with Crippen LogP contribution in [0.2, 0.25) is 0 Å². The van der Waals surface area contributed by atoms with Crippen molar-refractivity contribution in [2.24, 2.45) is 0 Å². The fourth-order valence-corrected chi connectivity index (χ4v) is 3.09. The van der Waals surface area contributed by atoms with Gasteiger partial charge in [0.15, 0.2) is 5.78 Å². The summed E-state index contributed by atoms with van der Waals surface area (Å²) in [5, 5.41) is 0. The highest BCUT2D eigenvalue weighted by Gasteiger charge is 2.23. The molecule has 3 rings (SSSR count). The molecular weight excluding hydrogens is 339 g/mol. The standard InChI is InChI=1S/C19H21FN2O4/c1-13(23)14-3-4-17(16(20)11-14)22-8-6-21(7-9-22)12-18-15(5-10-26-18)19(24)25-2/h3-5,10-11H,6-9,12H2,1-2H3. The Hall–Kier alpha value is -2.67. The molecule has 0 spiro atoms. The molecule has 26 heavy (non-hydrogen) atoms. The highest BCUT2D eigenvalue weighted by Crippen LogP contribution is 2.23. The number of Topliss-reactive ketones (excluding diaryl/α,β-unsaturated/α-hetero) is 1. The van der Waals surface area contributed by atoms with Gasteiger partial charge in [-0.2, -0.15) is 0 Å². The third-order valence-electron chi connectivity index (χ3n) is 4.59. The summed E-state index contributed by atoms with van der Waals surface area (Å²) in [5.74, 6) is -0.382. The van der Waals surface area contributed by atoms with Gasteiger partial charge in [-0.1, -0.05) is 0 Å². The third-order valence-corrected chi connectivity index (χ3v) is 4.59. The third kappa shape index (κ3) is 3.77. The fourth-order valence-electron chi connectivity index (χ4n) is 3.09. The van der Waals surface area contributed by atoms with E-state index in [1.54, 1.807) is 18.2 Å². The molecule has 2 heterocycles. The maximum absolute atomic E-state index is 14.3. The summed E-state index contributed by atoms with van der Waals surface area (Å²) in [6.07, 6.45) is 1.48. The first-order valence-corrected chi connectivity index (χ1v) is 8.42. The Morgan fingerprint density at radius 3 is 2.54 bits per heavy atom. The molecule has 1 aliphatic rings. The van der Waals surface area contributed by atoms with Crippen LogP contribution in [0, 0.1) is 5.82 Å². The number of piperazine rings is 1. The Bertz CT molecular complexity index is 810. The zero-order valence-electron chi connectivity index (χ0n) is 14.8. The van der Waals surface area contributed by atoms with Crippen LogP contribution >= 0.6 is 0 Å². The molecule has 1 aromatic carbocycles.